The van der Waals surface area contributed by atoms with Crippen molar-refractivity contribution in [3.63, 3.8) is 0 Å². The van der Waals surface area contributed by atoms with Crippen molar-refractivity contribution in [1.82, 2.24) is 28.7 Å². The average Bonchev–Trinajstić information content (AvgIpc) is 1.59. The summed E-state index contributed by atoms with van der Waals surface area (Å²) in [5.74, 6) is -0.809. The zero-order chi connectivity index (χ0) is 94.3. The SMILES string of the molecule is CC1(C)CCc2cc(C3CC3)cc(CN3CCC4(CC3)CC(c3ccc(C(=O)O)cc3)=NO4)c2O1.CC1(C)CCc2cc(Cl)cc(CN3CCC4(CC3)CC(c3ccc(C(=O)O)cc3)=NO4)c2O1.Cc1cc(Cl)cc2c(CN3CCC4(CC3)CC(c3ccc(C(=O)O)cc3)=NO4)cn(C3CC3)c12.Cc1ccc(Cl)c2c1c(CN1CCC3(CC1)CC(c1ccc(C(=O)O)cc1)=NO3)cn2C1CC1. The summed E-state index contributed by atoms with van der Waals surface area (Å²) in [4.78, 5) is 78.4. The van der Waals surface area contributed by atoms with Gasteiger partial charge in [0.05, 0.1) is 61.2 Å². The molecule has 10 aromatic rings. The molecule has 24 nitrogen and oxygen atoms in total. The molecule has 27 heteroatoms. The van der Waals surface area contributed by atoms with Crippen LogP contribution in [0.4, 0.5) is 0 Å². The van der Waals surface area contributed by atoms with Crippen LogP contribution in [0.25, 0.3) is 21.8 Å². The Hall–Kier alpha value is -11.1. The van der Waals surface area contributed by atoms with Crippen molar-refractivity contribution in [2.45, 2.75) is 261 Å². The number of aryl methyl sites for hydroxylation is 4. The highest BCUT2D eigenvalue weighted by Gasteiger charge is 2.48. The Morgan fingerprint density at radius 1 is 0.375 bits per heavy atom. The van der Waals surface area contributed by atoms with E-state index in [1.165, 1.54) is 105 Å². The highest BCUT2D eigenvalue weighted by atomic mass is 35.5. The number of aromatic nitrogens is 2. The number of carboxylic acids is 4. The molecule has 710 valence electrons. The van der Waals surface area contributed by atoms with Crippen LogP contribution in [0, 0.1) is 13.8 Å². The third-order valence-electron chi connectivity index (χ3n) is 30.4. The summed E-state index contributed by atoms with van der Waals surface area (Å²) in [6.45, 7) is 24.1. The number of carboxylic acid groups (broad SMARTS) is 4. The lowest BCUT2D eigenvalue weighted by molar-refractivity contribution is -0.0630. The summed E-state index contributed by atoms with van der Waals surface area (Å²) in [5.41, 5.74) is 21.6. The van der Waals surface area contributed by atoms with Crippen molar-refractivity contribution in [2.75, 3.05) is 52.4 Å². The maximum atomic E-state index is 11.1. The number of benzene rings is 8. The first-order valence-electron chi connectivity index (χ1n) is 48.5. The Labute approximate surface area is 808 Å². The van der Waals surface area contributed by atoms with Gasteiger partial charge in [0.2, 0.25) is 0 Å². The van der Waals surface area contributed by atoms with Gasteiger partial charge in [-0.05, 0) is 252 Å². The maximum absolute atomic E-state index is 11.1. The number of hydrogen-bond donors (Lipinski definition) is 4. The van der Waals surface area contributed by atoms with E-state index < -0.39 is 23.9 Å². The number of ether oxygens (including phenoxy) is 2. The van der Waals surface area contributed by atoms with Gasteiger partial charge >= 0.3 is 23.9 Å². The van der Waals surface area contributed by atoms with Crippen molar-refractivity contribution in [2.24, 2.45) is 20.6 Å². The highest BCUT2D eigenvalue weighted by Crippen LogP contribution is 2.50. The Morgan fingerprint density at radius 2 is 0.713 bits per heavy atom. The minimum Gasteiger partial charge on any atom is -0.487 e. The summed E-state index contributed by atoms with van der Waals surface area (Å²) in [5, 5.41) is 59.0. The topological polar surface area (TPSA) is 277 Å². The molecule has 12 heterocycles. The molecule has 23 rings (SSSR count). The predicted molar refractivity (Wildman–Crippen MR) is 527 cm³/mol. The van der Waals surface area contributed by atoms with Gasteiger partial charge in [0, 0.05) is 212 Å². The molecular formula is C109H119Cl3N10O14. The third-order valence-corrected chi connectivity index (χ3v) is 31.1. The molecule has 0 amide bonds. The van der Waals surface area contributed by atoms with E-state index in [1.54, 1.807) is 48.5 Å². The van der Waals surface area contributed by atoms with Crippen LogP contribution in [0.3, 0.4) is 0 Å². The minimum absolute atomic E-state index is 0.108. The second-order valence-corrected chi connectivity index (χ2v) is 42.9. The standard InChI is InChI=1S/C29H34N2O4.2C27H28ClN3O3.C26H29ClN2O4/c1-28(2)10-9-22-15-23(19-3-4-19)16-24(26(22)34-28)18-31-13-11-29(12-14-31)17-25(30-35-29)20-5-7-21(8-6-20)27(32)33;1-17-2-9-22(28)25-24(17)20(16-31(25)21-7-8-21)15-30-12-10-27(11-13-30)14-23(29-34-27)18-3-5-19(6-4-18)26(32)33;1-17-12-21(28)13-23-20(16-31(25(17)23)22-6-7-22)15-30-10-8-27(9-11-30)14-24(29-34-27)18-2-4-19(5-3-18)26(32)33;1-25(2)8-7-19-13-21(27)14-20(23(19)32-25)16-29-11-9-26(10-12-29)15-22(28-33-26)17-3-5-18(6-4-17)24(30)31/h5-8,15-16,19H,3-4,9-14,17-18H2,1-2H3,(H,32,33);2-6,9,16,21H,7-8,10-15H2,1H3,(H,32,33);2-5,12-13,16,22H,6-11,14-15H2,1H3,(H,32,33);3-6,13-14H,7-12,15-16H2,1-2H3,(H,30,31). The maximum Gasteiger partial charge on any atom is 0.335 e. The van der Waals surface area contributed by atoms with E-state index >= 15 is 0 Å². The van der Waals surface area contributed by atoms with Gasteiger partial charge in [-0.25, -0.2) is 19.2 Å². The number of aromatic carboxylic acids is 4. The molecule has 0 bridgehead atoms. The van der Waals surface area contributed by atoms with Crippen LogP contribution >= 0.6 is 34.8 Å². The number of halogens is 3. The van der Waals surface area contributed by atoms with Gasteiger partial charge in [-0.15, -0.1) is 0 Å². The summed E-state index contributed by atoms with van der Waals surface area (Å²) in [7, 11) is 0. The van der Waals surface area contributed by atoms with E-state index in [-0.39, 0.29) is 55.9 Å². The van der Waals surface area contributed by atoms with Crippen LogP contribution in [-0.4, -0.2) is 182 Å². The summed E-state index contributed by atoms with van der Waals surface area (Å²) >= 11 is 19.5. The van der Waals surface area contributed by atoms with Gasteiger partial charge < -0.3 is 58.4 Å². The quantitative estimate of drug-likeness (QED) is 0.0585. The fourth-order valence-corrected chi connectivity index (χ4v) is 22.5. The van der Waals surface area contributed by atoms with E-state index in [0.29, 0.717) is 12.1 Å². The summed E-state index contributed by atoms with van der Waals surface area (Å²) in [6.07, 6.45) is 26.9. The van der Waals surface area contributed by atoms with Crippen molar-refractivity contribution < 1.29 is 68.4 Å². The monoisotopic (exact) mass is 1900 g/mol. The lowest BCUT2D eigenvalue weighted by atomic mass is 9.85. The van der Waals surface area contributed by atoms with Crippen LogP contribution in [0.2, 0.25) is 15.1 Å². The van der Waals surface area contributed by atoms with Crippen molar-refractivity contribution in [1.29, 1.82) is 0 Å². The van der Waals surface area contributed by atoms with Crippen LogP contribution < -0.4 is 9.47 Å². The van der Waals surface area contributed by atoms with E-state index in [9.17, 15) is 19.2 Å². The zero-order valence-electron chi connectivity index (χ0n) is 78.3. The lowest BCUT2D eigenvalue weighted by Crippen LogP contribution is -2.44. The average molecular weight is 1900 g/mol. The van der Waals surface area contributed by atoms with E-state index in [0.717, 1.165) is 264 Å². The Kier molecular flexibility index (Phi) is 25.4. The first-order valence-corrected chi connectivity index (χ1v) is 49.7. The number of rotatable bonds is 19. The van der Waals surface area contributed by atoms with Crippen LogP contribution in [-0.2, 0) is 58.4 Å². The van der Waals surface area contributed by atoms with E-state index in [4.69, 9.17) is 84.1 Å². The van der Waals surface area contributed by atoms with Gasteiger partial charge in [0.1, 0.15) is 45.1 Å². The van der Waals surface area contributed by atoms with Gasteiger partial charge in [-0.3, -0.25) is 19.6 Å². The molecule has 3 aliphatic carbocycles. The number of hydrogen-bond acceptors (Lipinski definition) is 18. The first-order chi connectivity index (χ1) is 65.3. The van der Waals surface area contributed by atoms with Gasteiger partial charge in [0.25, 0.3) is 0 Å². The smallest absolute Gasteiger partial charge is 0.335 e. The van der Waals surface area contributed by atoms with Gasteiger partial charge in [-0.1, -0.05) is 122 Å². The molecule has 4 spiro atoms. The number of nitrogens with zero attached hydrogens (tertiary/aromatic N) is 10. The molecule has 7 fully saturated rings. The molecule has 4 N–H and O–H groups in total. The predicted octanol–water partition coefficient (Wildman–Crippen LogP) is 22.4. The van der Waals surface area contributed by atoms with Crippen molar-refractivity contribution >= 4 is 103 Å². The molecule has 0 unspecified atom stereocenters. The number of piperidine rings is 4. The van der Waals surface area contributed by atoms with Crippen molar-refractivity contribution in [3.05, 3.63) is 268 Å². The third kappa shape index (κ3) is 20.2. The zero-order valence-corrected chi connectivity index (χ0v) is 80.5. The second-order valence-electron chi connectivity index (χ2n) is 41.6. The van der Waals surface area contributed by atoms with Gasteiger partial charge in [-0.2, -0.15) is 0 Å². The number of likely N-dealkylation sites (tertiary alicyclic amines) is 4. The molecule has 8 aromatic carbocycles. The number of fused-ring (bicyclic) bond motifs is 4. The fourth-order valence-electron chi connectivity index (χ4n) is 21.8. The molecule has 0 radical (unpaired) electrons. The largest absolute Gasteiger partial charge is 0.487 e. The van der Waals surface area contributed by atoms with E-state index in [1.807, 2.05) is 66.7 Å². The number of carbonyl (C=O) groups is 4. The first kappa shape index (κ1) is 92.6. The Morgan fingerprint density at radius 3 is 1.08 bits per heavy atom. The molecule has 136 heavy (non-hydrogen) atoms. The fraction of sp³-hybridized carbons (Fsp3) is 0.450. The molecule has 13 aliphatic rings. The second kappa shape index (κ2) is 37.3. The van der Waals surface area contributed by atoms with Gasteiger partial charge in [0.15, 0.2) is 0 Å². The molecule has 0 atom stereocenters. The van der Waals surface area contributed by atoms with Crippen LogP contribution in [0.5, 0.6) is 11.5 Å². The van der Waals surface area contributed by atoms with Crippen LogP contribution in [0.1, 0.15) is 288 Å². The van der Waals surface area contributed by atoms with Crippen molar-refractivity contribution in [3.8, 4) is 11.5 Å². The Bertz CT molecular complexity index is 6410. The highest BCUT2D eigenvalue weighted by molar-refractivity contribution is 6.35. The van der Waals surface area contributed by atoms with Crippen LogP contribution in [0.15, 0.2) is 179 Å². The molecule has 4 saturated heterocycles. The summed E-state index contributed by atoms with van der Waals surface area (Å²) in [6, 6.07) is 46.0. The summed E-state index contributed by atoms with van der Waals surface area (Å²) < 4.78 is 17.8. The molecule has 3 saturated carbocycles. The van der Waals surface area contributed by atoms with E-state index in [2.05, 4.69) is 134 Å². The number of oxime groups is 4. The normalized spacial score (nSPS) is 21.0. The minimum atomic E-state index is -0.926. The molecular weight excluding hydrogens is 1780 g/mol. The lowest BCUT2D eigenvalue weighted by Gasteiger charge is -2.39. The Balaban J connectivity index is 0.000000112. The molecule has 2 aromatic heterocycles. The molecule has 10 aliphatic heterocycles.